The van der Waals surface area contributed by atoms with E-state index in [1.165, 1.54) is 16.7 Å². The molecule has 0 unspecified atom stereocenters. The number of carboxylic acids is 1. The maximum atomic E-state index is 13.9. The zero-order chi connectivity index (χ0) is 20.4. The molecule has 0 saturated carbocycles. The Bertz CT molecular complexity index is 1160. The Morgan fingerprint density at radius 2 is 1.96 bits per heavy atom. The zero-order valence-electron chi connectivity index (χ0n) is 14.8. The molecule has 1 heterocycles. The van der Waals surface area contributed by atoms with Crippen LogP contribution in [0.15, 0.2) is 47.4 Å². The molecule has 0 aliphatic rings. The van der Waals surface area contributed by atoms with Gasteiger partial charge < -0.3 is 15.0 Å². The van der Waals surface area contributed by atoms with E-state index in [0.717, 1.165) is 17.8 Å². The van der Waals surface area contributed by atoms with E-state index in [4.69, 9.17) is 11.6 Å². The predicted molar refractivity (Wildman–Crippen MR) is 105 cm³/mol. The van der Waals surface area contributed by atoms with Crippen LogP contribution < -0.4 is 10.7 Å². The van der Waals surface area contributed by atoms with E-state index in [2.05, 4.69) is 5.32 Å². The first-order chi connectivity index (χ1) is 13.3. The van der Waals surface area contributed by atoms with Crippen LogP contribution in [0.5, 0.6) is 0 Å². The molecule has 144 valence electrons. The van der Waals surface area contributed by atoms with Crippen LogP contribution in [-0.2, 0) is 17.8 Å². The normalized spacial score (nSPS) is 10.8. The summed E-state index contributed by atoms with van der Waals surface area (Å²) in [4.78, 5) is 36.3. The molecule has 0 atom stereocenters. The lowest BCUT2D eigenvalue weighted by molar-refractivity contribution is -0.116. The van der Waals surface area contributed by atoms with E-state index < -0.39 is 28.7 Å². The molecular formula is C20H16ClFN2O4. The summed E-state index contributed by atoms with van der Waals surface area (Å²) in [5.41, 5.74) is 0.245. The highest BCUT2D eigenvalue weighted by Gasteiger charge is 2.17. The molecule has 2 aromatic carbocycles. The molecule has 2 N–H and O–H groups in total. The Morgan fingerprint density at radius 1 is 1.21 bits per heavy atom. The van der Waals surface area contributed by atoms with Crippen LogP contribution in [0.2, 0.25) is 5.02 Å². The molecule has 3 rings (SSSR count). The average Bonchev–Trinajstić information content (AvgIpc) is 2.65. The van der Waals surface area contributed by atoms with Gasteiger partial charge in [-0.2, -0.15) is 0 Å². The zero-order valence-corrected chi connectivity index (χ0v) is 15.6. The van der Waals surface area contributed by atoms with Crippen molar-refractivity contribution in [3.8, 4) is 0 Å². The molecule has 28 heavy (non-hydrogen) atoms. The molecule has 0 aliphatic heterocycles. The average molecular weight is 403 g/mol. The van der Waals surface area contributed by atoms with Crippen molar-refractivity contribution >= 4 is 40.1 Å². The first-order valence-corrected chi connectivity index (χ1v) is 8.82. The number of carbonyl (C=O) groups excluding carboxylic acids is 1. The van der Waals surface area contributed by atoms with E-state index in [9.17, 15) is 23.9 Å². The number of aromatic carboxylic acids is 1. The minimum Gasteiger partial charge on any atom is -0.477 e. The molecule has 0 fully saturated rings. The summed E-state index contributed by atoms with van der Waals surface area (Å²) in [7, 11) is 0. The fourth-order valence-corrected chi connectivity index (χ4v) is 3.03. The van der Waals surface area contributed by atoms with E-state index >= 15 is 0 Å². The van der Waals surface area contributed by atoms with Gasteiger partial charge in [-0.3, -0.25) is 9.59 Å². The lowest BCUT2D eigenvalue weighted by atomic mass is 10.1. The van der Waals surface area contributed by atoms with Crippen LogP contribution >= 0.6 is 11.6 Å². The van der Waals surface area contributed by atoms with Gasteiger partial charge in [0.25, 0.3) is 0 Å². The summed E-state index contributed by atoms with van der Waals surface area (Å²) in [6, 6.07) is 8.86. The van der Waals surface area contributed by atoms with Gasteiger partial charge in [0, 0.05) is 16.6 Å². The minimum absolute atomic E-state index is 0.0487. The van der Waals surface area contributed by atoms with Gasteiger partial charge in [-0.15, -0.1) is 0 Å². The van der Waals surface area contributed by atoms with Crippen molar-refractivity contribution in [2.24, 2.45) is 0 Å². The van der Waals surface area contributed by atoms with Crippen molar-refractivity contribution in [1.82, 2.24) is 4.57 Å². The lowest BCUT2D eigenvalue weighted by Gasteiger charge is -2.14. The number of pyridine rings is 1. The number of halogens is 2. The van der Waals surface area contributed by atoms with Crippen LogP contribution in [0.1, 0.15) is 22.8 Å². The van der Waals surface area contributed by atoms with Crippen LogP contribution in [0.25, 0.3) is 10.9 Å². The minimum atomic E-state index is -1.38. The third kappa shape index (κ3) is 3.89. The monoisotopic (exact) mass is 402 g/mol. The molecule has 6 nitrogen and oxygen atoms in total. The number of hydrogen-bond donors (Lipinski definition) is 2. The largest absolute Gasteiger partial charge is 0.477 e. The molecule has 0 radical (unpaired) electrons. The lowest BCUT2D eigenvalue weighted by Crippen LogP contribution is -2.24. The Hall–Kier alpha value is -3.19. The summed E-state index contributed by atoms with van der Waals surface area (Å²) in [5, 5.41) is 12.1. The Kier molecular flexibility index (Phi) is 5.46. The standard InChI is InChI=1S/C20H16ClFN2O4/c1-2-11-3-5-13-17(7-11)24(9-14(19(13)26)20(27)28)10-18(25)23-16-6-4-12(21)8-15(16)22/h3-9H,2,10H2,1H3,(H,23,25)(H,27,28). The highest BCUT2D eigenvalue weighted by atomic mass is 35.5. The molecule has 1 aromatic heterocycles. The number of carbonyl (C=O) groups is 2. The van der Waals surface area contributed by atoms with Crippen LogP contribution in [0.4, 0.5) is 10.1 Å². The fraction of sp³-hybridized carbons (Fsp3) is 0.150. The topological polar surface area (TPSA) is 88.4 Å². The van der Waals surface area contributed by atoms with Crippen molar-refractivity contribution in [2.75, 3.05) is 5.32 Å². The van der Waals surface area contributed by atoms with Crippen molar-refractivity contribution in [1.29, 1.82) is 0 Å². The van der Waals surface area contributed by atoms with Gasteiger partial charge in [0.05, 0.1) is 11.2 Å². The summed E-state index contributed by atoms with van der Waals surface area (Å²) in [5.74, 6) is -2.65. The summed E-state index contributed by atoms with van der Waals surface area (Å²) >= 11 is 5.70. The number of nitrogens with zero attached hydrogens (tertiary/aromatic N) is 1. The summed E-state index contributed by atoms with van der Waals surface area (Å²) in [6.07, 6.45) is 1.83. The number of fused-ring (bicyclic) bond motifs is 1. The van der Waals surface area contributed by atoms with Crippen molar-refractivity contribution < 1.29 is 19.1 Å². The quantitative estimate of drug-likeness (QED) is 0.681. The van der Waals surface area contributed by atoms with Gasteiger partial charge in [0.1, 0.15) is 17.9 Å². The van der Waals surface area contributed by atoms with Gasteiger partial charge in [0.15, 0.2) is 0 Å². The maximum Gasteiger partial charge on any atom is 0.341 e. The molecule has 0 bridgehead atoms. The molecule has 8 heteroatoms. The summed E-state index contributed by atoms with van der Waals surface area (Å²) < 4.78 is 15.3. The predicted octanol–water partition coefficient (Wildman–Crippen LogP) is 3.69. The van der Waals surface area contributed by atoms with E-state index in [0.29, 0.717) is 11.9 Å². The number of aromatic nitrogens is 1. The van der Waals surface area contributed by atoms with Crippen LogP contribution in [0, 0.1) is 5.82 Å². The molecule has 1 amide bonds. The van der Waals surface area contributed by atoms with Gasteiger partial charge in [-0.05, 0) is 42.3 Å². The molecule has 3 aromatic rings. The number of rotatable bonds is 5. The van der Waals surface area contributed by atoms with Gasteiger partial charge in [-0.1, -0.05) is 24.6 Å². The third-order valence-electron chi connectivity index (χ3n) is 4.30. The number of anilines is 1. The van der Waals surface area contributed by atoms with Crippen molar-refractivity contribution in [2.45, 2.75) is 19.9 Å². The Balaban J connectivity index is 2.03. The molecule has 0 aliphatic carbocycles. The van der Waals surface area contributed by atoms with Gasteiger partial charge in [-0.25, -0.2) is 9.18 Å². The number of nitrogens with one attached hydrogen (secondary N) is 1. The number of carboxylic acid groups (broad SMARTS) is 1. The smallest absolute Gasteiger partial charge is 0.341 e. The highest BCUT2D eigenvalue weighted by molar-refractivity contribution is 6.30. The Morgan fingerprint density at radius 3 is 2.61 bits per heavy atom. The number of amides is 1. The molecule has 0 spiro atoms. The second kappa shape index (κ2) is 7.82. The molecule has 0 saturated heterocycles. The van der Waals surface area contributed by atoms with Crippen LogP contribution in [0.3, 0.4) is 0 Å². The first kappa shape index (κ1) is 19.6. The Labute approximate surface area is 164 Å². The van der Waals surface area contributed by atoms with E-state index in [1.54, 1.807) is 18.2 Å². The second-order valence-electron chi connectivity index (χ2n) is 6.18. The highest BCUT2D eigenvalue weighted by Crippen LogP contribution is 2.20. The van der Waals surface area contributed by atoms with Crippen LogP contribution in [-0.4, -0.2) is 21.6 Å². The van der Waals surface area contributed by atoms with Crippen molar-refractivity contribution in [3.05, 3.63) is 74.8 Å². The number of aryl methyl sites for hydroxylation is 1. The third-order valence-corrected chi connectivity index (χ3v) is 4.54. The molecular weight excluding hydrogens is 387 g/mol. The fourth-order valence-electron chi connectivity index (χ4n) is 2.87. The van der Waals surface area contributed by atoms with Crippen molar-refractivity contribution in [3.63, 3.8) is 0 Å². The maximum absolute atomic E-state index is 13.9. The first-order valence-electron chi connectivity index (χ1n) is 8.44. The van der Waals surface area contributed by atoms with E-state index in [1.807, 2.05) is 6.92 Å². The summed E-state index contributed by atoms with van der Waals surface area (Å²) in [6.45, 7) is 1.64. The van der Waals surface area contributed by atoms with Gasteiger partial charge >= 0.3 is 5.97 Å². The van der Waals surface area contributed by atoms with E-state index in [-0.39, 0.29) is 22.6 Å². The number of benzene rings is 2. The second-order valence-corrected chi connectivity index (χ2v) is 6.62. The van der Waals surface area contributed by atoms with Gasteiger partial charge in [0.2, 0.25) is 11.3 Å². The SMILES string of the molecule is CCc1ccc2c(=O)c(C(=O)O)cn(CC(=O)Nc3ccc(Cl)cc3F)c2c1. The number of hydrogen-bond acceptors (Lipinski definition) is 3.